The van der Waals surface area contributed by atoms with E-state index in [9.17, 15) is 81.7 Å². The third-order valence-corrected chi connectivity index (χ3v) is 22.7. The summed E-state index contributed by atoms with van der Waals surface area (Å²) in [6.45, 7) is 13.0. The zero-order chi connectivity index (χ0) is 62.2. The predicted molar refractivity (Wildman–Crippen MR) is 285 cm³/mol. The van der Waals surface area contributed by atoms with Gasteiger partial charge in [-0.3, -0.25) is 4.79 Å². The Hall–Kier alpha value is -1.79. The molecule has 9 fully saturated rings. The molecule has 0 aromatic rings. The monoisotopic (exact) mass is 1220 g/mol. The molecule has 5 saturated heterocycles. The SMILES string of the molecule is C[C@@H]1O[C@@H](O[C@@H]2[C@@H](O)[C@H](O[C@@H]3[C@@H](O)[C@@H](O)[C@H](O[C@@H]4[C@@H](OC(=O)[C@]56CCC(C)(C)C[C@H]5C5=CC[C@@H]7[C@@]8(C)C[C@H](O)[C@H](O[C@@H]9O[C@H](CO)[C@@H](O)[C@H](O)[C@H]9O)[C@@](C)(CO)[C@@H]8[C@H](O)C[C@@]7(C)[C@]5(C)CC6)OC[C@@H](O)[C@H]4O)O[C@H]3C)OC[C@H]2O)[C@H](O)[C@H](O)[C@H]1O. The van der Waals surface area contributed by atoms with Gasteiger partial charge in [-0.15, -0.1) is 0 Å². The van der Waals surface area contributed by atoms with Gasteiger partial charge >= 0.3 is 5.97 Å². The van der Waals surface area contributed by atoms with Crippen LogP contribution in [0.25, 0.3) is 0 Å². The molecule has 5 aliphatic heterocycles. The van der Waals surface area contributed by atoms with Crippen LogP contribution < -0.4 is 0 Å². The number of rotatable bonds is 12. The van der Waals surface area contributed by atoms with Gasteiger partial charge in [0.25, 0.3) is 0 Å². The van der Waals surface area contributed by atoms with Crippen LogP contribution in [0.2, 0.25) is 0 Å². The fourth-order valence-corrected chi connectivity index (χ4v) is 17.7. The van der Waals surface area contributed by atoms with Crippen molar-refractivity contribution in [2.45, 2.75) is 266 Å². The van der Waals surface area contributed by atoms with Crippen molar-refractivity contribution in [1.29, 1.82) is 0 Å². The topological polar surface area (TPSA) is 433 Å². The van der Waals surface area contributed by atoms with Gasteiger partial charge in [-0.2, -0.15) is 0 Å². The third-order valence-electron chi connectivity index (χ3n) is 22.7. The first kappa shape index (κ1) is 66.1. The molecule has 34 atom stereocenters. The van der Waals surface area contributed by atoms with Crippen LogP contribution in [0.3, 0.4) is 0 Å². The molecule has 4 saturated carbocycles. The molecule has 0 amide bonds. The molecule has 0 aromatic heterocycles. The molecule has 0 radical (unpaired) electrons. The summed E-state index contributed by atoms with van der Waals surface area (Å²) in [5.74, 6) is -1.92. The molecule has 0 unspecified atom stereocenters. The van der Waals surface area contributed by atoms with Crippen LogP contribution in [-0.2, 0) is 52.2 Å². The van der Waals surface area contributed by atoms with E-state index in [1.54, 1.807) is 6.92 Å². The van der Waals surface area contributed by atoms with Crippen LogP contribution >= 0.6 is 0 Å². The first-order valence-corrected chi connectivity index (χ1v) is 30.2. The van der Waals surface area contributed by atoms with Gasteiger partial charge in [0.2, 0.25) is 6.29 Å². The highest BCUT2D eigenvalue weighted by Crippen LogP contribution is 2.76. The fourth-order valence-electron chi connectivity index (χ4n) is 17.7. The second kappa shape index (κ2) is 24.0. The van der Waals surface area contributed by atoms with Crippen molar-refractivity contribution in [3.05, 3.63) is 11.6 Å². The Morgan fingerprint density at radius 2 is 1.12 bits per heavy atom. The molecule has 5 aliphatic carbocycles. The van der Waals surface area contributed by atoms with Gasteiger partial charge in [0.05, 0.1) is 62.4 Å². The van der Waals surface area contributed by atoms with E-state index in [4.69, 9.17) is 47.4 Å². The summed E-state index contributed by atoms with van der Waals surface area (Å²) < 4.78 is 59.1. The highest BCUT2D eigenvalue weighted by molar-refractivity contribution is 5.79. The molecule has 27 heteroatoms. The minimum absolute atomic E-state index is 0.103. The number of fused-ring (bicyclic) bond motifs is 7. The number of aliphatic hydroxyl groups excluding tert-OH is 16. The summed E-state index contributed by atoms with van der Waals surface area (Å²) in [6.07, 6.45) is -35.1. The van der Waals surface area contributed by atoms with Crippen LogP contribution in [-0.4, -0.2) is 274 Å². The maximum Gasteiger partial charge on any atom is 0.315 e. The van der Waals surface area contributed by atoms with E-state index in [0.29, 0.717) is 38.5 Å². The van der Waals surface area contributed by atoms with Gasteiger partial charge in [-0.1, -0.05) is 53.2 Å². The molecule has 0 spiro atoms. The van der Waals surface area contributed by atoms with Crippen LogP contribution in [0.15, 0.2) is 11.6 Å². The van der Waals surface area contributed by atoms with E-state index >= 15 is 4.79 Å². The van der Waals surface area contributed by atoms with Crippen molar-refractivity contribution in [2.24, 2.45) is 50.2 Å². The Kier molecular flexibility index (Phi) is 18.7. The van der Waals surface area contributed by atoms with Crippen molar-refractivity contribution < 1.29 is 134 Å². The number of esters is 1. The number of carbonyl (C=O) groups is 1. The highest BCUT2D eigenvalue weighted by atomic mass is 16.8. The molecular weight excluding hydrogens is 1130 g/mol. The number of hydrogen-bond donors (Lipinski definition) is 16. The largest absolute Gasteiger partial charge is 0.432 e. The molecule has 0 bridgehead atoms. The number of carbonyl (C=O) groups excluding carboxylic acids is 1. The van der Waals surface area contributed by atoms with Gasteiger partial charge < -0.3 is 129 Å². The summed E-state index contributed by atoms with van der Waals surface area (Å²) in [6, 6.07) is 0. The Bertz CT molecular complexity index is 2390. The Morgan fingerprint density at radius 3 is 1.78 bits per heavy atom. The van der Waals surface area contributed by atoms with Crippen LogP contribution in [0.5, 0.6) is 0 Å². The van der Waals surface area contributed by atoms with E-state index in [1.807, 2.05) is 6.92 Å². The molecule has 0 aromatic carbocycles. The Labute approximate surface area is 493 Å². The predicted octanol–water partition coefficient (Wildman–Crippen LogP) is -3.96. The number of aliphatic hydroxyl groups is 16. The zero-order valence-corrected chi connectivity index (χ0v) is 49.5. The van der Waals surface area contributed by atoms with Crippen LogP contribution in [0.1, 0.15) is 107 Å². The van der Waals surface area contributed by atoms with Gasteiger partial charge in [0.1, 0.15) is 91.6 Å². The summed E-state index contributed by atoms with van der Waals surface area (Å²) in [7, 11) is 0. The van der Waals surface area contributed by atoms with Crippen molar-refractivity contribution in [1.82, 2.24) is 0 Å². The highest BCUT2D eigenvalue weighted by Gasteiger charge is 2.73. The lowest BCUT2D eigenvalue weighted by atomic mass is 9.33. The first-order valence-electron chi connectivity index (χ1n) is 30.2. The maximum atomic E-state index is 15.4. The van der Waals surface area contributed by atoms with Crippen molar-refractivity contribution in [2.75, 3.05) is 26.4 Å². The van der Waals surface area contributed by atoms with Crippen molar-refractivity contribution >= 4 is 5.97 Å². The summed E-state index contributed by atoms with van der Waals surface area (Å²) in [5, 5.41) is 177. The number of hydrogen-bond acceptors (Lipinski definition) is 27. The minimum atomic E-state index is -1.96. The number of allylic oxidation sites excluding steroid dienone is 2. The fraction of sp³-hybridized carbons (Fsp3) is 0.948. The van der Waals surface area contributed by atoms with Crippen LogP contribution in [0, 0.1) is 50.2 Å². The quantitative estimate of drug-likeness (QED) is 0.0504. The Balaban J connectivity index is 0.852. The van der Waals surface area contributed by atoms with E-state index in [-0.39, 0.29) is 24.2 Å². The van der Waals surface area contributed by atoms with Gasteiger partial charge in [-0.05, 0) is 98.7 Å². The third kappa shape index (κ3) is 10.9. The zero-order valence-electron chi connectivity index (χ0n) is 49.5. The summed E-state index contributed by atoms with van der Waals surface area (Å²) in [4.78, 5) is 15.4. The molecule has 5 heterocycles. The molecule has 27 nitrogen and oxygen atoms in total. The van der Waals surface area contributed by atoms with Gasteiger partial charge in [-0.25, -0.2) is 0 Å². The molecule has 488 valence electrons. The normalized spacial score (nSPS) is 56.1. The Morgan fingerprint density at radius 1 is 0.541 bits per heavy atom. The van der Waals surface area contributed by atoms with Gasteiger partial charge in [0.15, 0.2) is 31.3 Å². The summed E-state index contributed by atoms with van der Waals surface area (Å²) in [5.41, 5.74) is -3.85. The minimum Gasteiger partial charge on any atom is -0.432 e. The lowest BCUT2D eigenvalue weighted by molar-refractivity contribution is -0.377. The lowest BCUT2D eigenvalue weighted by Crippen LogP contribution is -2.72. The molecule has 10 rings (SSSR count). The first-order chi connectivity index (χ1) is 39.7. The average molecular weight is 1220 g/mol. The van der Waals surface area contributed by atoms with E-state index in [0.717, 1.165) is 5.57 Å². The van der Waals surface area contributed by atoms with E-state index in [2.05, 4.69) is 33.8 Å². The maximum absolute atomic E-state index is 15.4. The van der Waals surface area contributed by atoms with E-state index < -0.39 is 231 Å². The standard InChI is InChI=1S/C58H94O27/c1-22-32(65)35(68)38(71)48(78-22)82-43-29(64)20-76-47(41(43)74)81-42-23(2)79-49(40(73)37(42)70)83-44-33(66)28(63)19-77-51(44)85-52(75)58-13-11-53(3,4)15-25(58)24-9-10-31-54(5)16-27(62)46(84-50-39(72)36(69)34(67)30(18-59)80-50)55(6,21-60)45(54)26(61)17-57(31,8)56(24,7)12-14-58/h9,22-23,25-51,59-74H,10-21H2,1-8H3/t22-,23-,25-,26+,27-,28+,29+,30+,31+,32-,33+,34+,35+,36-,37-,38+,39+,40+,41+,42-,43-,44-,45+,46-,47-,48-,49-,50-,51+,54+,55-,56+,57+,58-/m0/s1. The van der Waals surface area contributed by atoms with Gasteiger partial charge in [0, 0.05) is 11.3 Å². The van der Waals surface area contributed by atoms with Crippen molar-refractivity contribution in [3.63, 3.8) is 0 Å². The molecule has 85 heavy (non-hydrogen) atoms. The second-order valence-electron chi connectivity index (χ2n) is 28.3. The smallest absolute Gasteiger partial charge is 0.315 e. The van der Waals surface area contributed by atoms with Crippen LogP contribution in [0.4, 0.5) is 0 Å². The summed E-state index contributed by atoms with van der Waals surface area (Å²) >= 11 is 0. The molecular formula is C58H94O27. The lowest BCUT2D eigenvalue weighted by Gasteiger charge is -2.72. The molecule has 16 N–H and O–H groups in total. The second-order valence-corrected chi connectivity index (χ2v) is 28.3. The number of ether oxygens (including phenoxy) is 10. The van der Waals surface area contributed by atoms with Crippen molar-refractivity contribution in [3.8, 4) is 0 Å². The average Bonchev–Trinajstić information content (AvgIpc) is 0.681. The molecule has 10 aliphatic rings. The van der Waals surface area contributed by atoms with E-state index in [1.165, 1.54) is 13.8 Å².